The highest BCUT2D eigenvalue weighted by molar-refractivity contribution is 6.30. The summed E-state index contributed by atoms with van der Waals surface area (Å²) in [6.45, 7) is 2.90. The van der Waals surface area contributed by atoms with Crippen molar-refractivity contribution in [3.63, 3.8) is 0 Å². The molecule has 21 heavy (non-hydrogen) atoms. The van der Waals surface area contributed by atoms with E-state index in [0.29, 0.717) is 0 Å². The molecule has 1 atom stereocenters. The van der Waals surface area contributed by atoms with Gasteiger partial charge in [-0.05, 0) is 68.9 Å². The van der Waals surface area contributed by atoms with Gasteiger partial charge in [0.15, 0.2) is 0 Å². The summed E-state index contributed by atoms with van der Waals surface area (Å²) in [7, 11) is 0. The van der Waals surface area contributed by atoms with E-state index in [1.165, 1.54) is 5.56 Å². The van der Waals surface area contributed by atoms with Crippen LogP contribution in [0.15, 0.2) is 24.3 Å². The Bertz CT molecular complexity index is 456. The van der Waals surface area contributed by atoms with E-state index >= 15 is 0 Å². The van der Waals surface area contributed by atoms with Crippen molar-refractivity contribution in [2.75, 3.05) is 19.6 Å². The second-order valence-electron chi connectivity index (χ2n) is 5.76. The summed E-state index contributed by atoms with van der Waals surface area (Å²) in [4.78, 5) is 13.4. The Hall–Kier alpha value is -1.10. The van der Waals surface area contributed by atoms with Crippen LogP contribution in [0.25, 0.3) is 0 Å². The standard InChI is InChI=1S/C16H23ClN2O2/c17-14-5-3-12(4-6-14)2-1-9-19-10-7-13(8-11-19)15(20)16(18)21/h3-6,13,15,20H,1-2,7-11H2,(H2,18,21)/t15-/m1/s1. The second kappa shape index (κ2) is 7.78. The van der Waals surface area contributed by atoms with Crippen LogP contribution in [0.3, 0.4) is 0 Å². The molecule has 0 spiro atoms. The molecule has 5 heteroatoms. The molecular weight excluding hydrogens is 288 g/mol. The van der Waals surface area contributed by atoms with Gasteiger partial charge in [-0.3, -0.25) is 4.79 Å². The van der Waals surface area contributed by atoms with Crippen molar-refractivity contribution in [2.24, 2.45) is 11.7 Å². The van der Waals surface area contributed by atoms with Gasteiger partial charge < -0.3 is 15.7 Å². The van der Waals surface area contributed by atoms with Gasteiger partial charge in [-0.1, -0.05) is 23.7 Å². The first-order valence-corrected chi connectivity index (χ1v) is 7.88. The summed E-state index contributed by atoms with van der Waals surface area (Å²) in [5.74, 6) is -0.578. The summed E-state index contributed by atoms with van der Waals surface area (Å²) >= 11 is 5.87. The molecule has 1 aromatic carbocycles. The first-order valence-electron chi connectivity index (χ1n) is 7.50. The smallest absolute Gasteiger partial charge is 0.246 e. The number of hydrogen-bond acceptors (Lipinski definition) is 3. The number of halogens is 1. The molecule has 1 saturated heterocycles. The average molecular weight is 311 g/mol. The van der Waals surface area contributed by atoms with Gasteiger partial charge in [0, 0.05) is 5.02 Å². The van der Waals surface area contributed by atoms with Crippen molar-refractivity contribution in [1.29, 1.82) is 0 Å². The summed E-state index contributed by atoms with van der Waals surface area (Å²) in [5, 5.41) is 10.5. The molecule has 1 fully saturated rings. The summed E-state index contributed by atoms with van der Waals surface area (Å²) in [5.41, 5.74) is 6.45. The molecule has 4 nitrogen and oxygen atoms in total. The maximum absolute atomic E-state index is 11.0. The number of carbonyl (C=O) groups is 1. The average Bonchev–Trinajstić information content (AvgIpc) is 2.49. The number of amides is 1. The lowest BCUT2D eigenvalue weighted by atomic mass is 9.91. The number of nitrogens with two attached hydrogens (primary N) is 1. The molecule has 1 amide bonds. The number of hydrogen-bond donors (Lipinski definition) is 2. The Kier molecular flexibility index (Phi) is 6.03. The normalized spacial score (nSPS) is 18.6. The van der Waals surface area contributed by atoms with Crippen molar-refractivity contribution in [1.82, 2.24) is 4.90 Å². The monoisotopic (exact) mass is 310 g/mol. The predicted octanol–water partition coefficient (Wildman–Crippen LogP) is 1.83. The minimum Gasteiger partial charge on any atom is -0.383 e. The van der Waals surface area contributed by atoms with Gasteiger partial charge in [0.1, 0.15) is 6.10 Å². The van der Waals surface area contributed by atoms with Crippen LogP contribution >= 0.6 is 11.6 Å². The number of benzene rings is 1. The van der Waals surface area contributed by atoms with Crippen molar-refractivity contribution in [3.05, 3.63) is 34.9 Å². The van der Waals surface area contributed by atoms with Gasteiger partial charge in [-0.25, -0.2) is 0 Å². The van der Waals surface area contributed by atoms with Crippen molar-refractivity contribution >= 4 is 17.5 Å². The number of likely N-dealkylation sites (tertiary alicyclic amines) is 1. The van der Waals surface area contributed by atoms with Gasteiger partial charge >= 0.3 is 0 Å². The highest BCUT2D eigenvalue weighted by Crippen LogP contribution is 2.21. The topological polar surface area (TPSA) is 66.6 Å². The lowest BCUT2D eigenvalue weighted by Crippen LogP contribution is -2.43. The molecule has 1 aliphatic heterocycles. The Labute approximate surface area is 130 Å². The fourth-order valence-corrected chi connectivity index (χ4v) is 3.01. The molecule has 1 aromatic rings. The molecule has 0 saturated carbocycles. The van der Waals surface area contributed by atoms with E-state index < -0.39 is 12.0 Å². The number of aliphatic hydroxyl groups excluding tert-OH is 1. The van der Waals surface area contributed by atoms with Crippen LogP contribution in [-0.2, 0) is 11.2 Å². The zero-order chi connectivity index (χ0) is 15.2. The third kappa shape index (κ3) is 4.99. The number of rotatable bonds is 6. The van der Waals surface area contributed by atoms with Gasteiger partial charge in [0.25, 0.3) is 0 Å². The first kappa shape index (κ1) is 16.3. The molecule has 116 valence electrons. The summed E-state index contributed by atoms with van der Waals surface area (Å²) < 4.78 is 0. The largest absolute Gasteiger partial charge is 0.383 e. The molecule has 2 rings (SSSR count). The highest BCUT2D eigenvalue weighted by Gasteiger charge is 2.28. The lowest BCUT2D eigenvalue weighted by molar-refractivity contribution is -0.129. The van der Waals surface area contributed by atoms with Gasteiger partial charge in [-0.15, -0.1) is 0 Å². The van der Waals surface area contributed by atoms with Crippen molar-refractivity contribution in [3.8, 4) is 0 Å². The molecule has 1 heterocycles. The number of primary amides is 1. The van der Waals surface area contributed by atoms with Crippen molar-refractivity contribution in [2.45, 2.75) is 31.8 Å². The zero-order valence-corrected chi connectivity index (χ0v) is 12.9. The van der Waals surface area contributed by atoms with E-state index in [9.17, 15) is 9.90 Å². The minimum absolute atomic E-state index is 0.0232. The SMILES string of the molecule is NC(=O)[C@H](O)C1CCN(CCCc2ccc(Cl)cc2)CC1. The van der Waals surface area contributed by atoms with Gasteiger partial charge in [-0.2, -0.15) is 0 Å². The Balaban J connectivity index is 1.67. The molecule has 0 bridgehead atoms. The second-order valence-corrected chi connectivity index (χ2v) is 6.19. The third-order valence-corrected chi connectivity index (χ3v) is 4.48. The molecule has 1 aliphatic rings. The fourth-order valence-electron chi connectivity index (χ4n) is 2.88. The van der Waals surface area contributed by atoms with Crippen LogP contribution < -0.4 is 5.73 Å². The minimum atomic E-state index is -0.985. The Morgan fingerprint density at radius 1 is 1.33 bits per heavy atom. The van der Waals surface area contributed by atoms with E-state index in [1.807, 2.05) is 12.1 Å². The van der Waals surface area contributed by atoms with E-state index in [4.69, 9.17) is 17.3 Å². The van der Waals surface area contributed by atoms with Crippen LogP contribution in [0, 0.1) is 5.92 Å². The lowest BCUT2D eigenvalue weighted by Gasteiger charge is -2.33. The van der Waals surface area contributed by atoms with Crippen LogP contribution in [0.1, 0.15) is 24.8 Å². The van der Waals surface area contributed by atoms with Crippen LogP contribution in [0.5, 0.6) is 0 Å². The molecule has 3 N–H and O–H groups in total. The van der Waals surface area contributed by atoms with E-state index in [0.717, 1.165) is 50.3 Å². The zero-order valence-electron chi connectivity index (χ0n) is 12.2. The number of carbonyl (C=O) groups excluding carboxylic acids is 1. The van der Waals surface area contributed by atoms with E-state index in [2.05, 4.69) is 17.0 Å². The third-order valence-electron chi connectivity index (χ3n) is 4.22. The van der Waals surface area contributed by atoms with Gasteiger partial charge in [0.2, 0.25) is 5.91 Å². The molecule has 0 unspecified atom stereocenters. The van der Waals surface area contributed by atoms with Crippen LogP contribution in [0.2, 0.25) is 5.02 Å². The Morgan fingerprint density at radius 2 is 1.95 bits per heavy atom. The first-order chi connectivity index (χ1) is 10.1. The van der Waals surface area contributed by atoms with Gasteiger partial charge in [0.05, 0.1) is 0 Å². The molecule has 0 radical (unpaired) electrons. The van der Waals surface area contributed by atoms with Crippen LogP contribution in [0.4, 0.5) is 0 Å². The van der Waals surface area contributed by atoms with E-state index in [-0.39, 0.29) is 5.92 Å². The fraction of sp³-hybridized carbons (Fsp3) is 0.562. The summed E-state index contributed by atoms with van der Waals surface area (Å²) in [6, 6.07) is 7.98. The maximum Gasteiger partial charge on any atom is 0.246 e. The number of aryl methyl sites for hydroxylation is 1. The van der Waals surface area contributed by atoms with Crippen molar-refractivity contribution < 1.29 is 9.90 Å². The number of piperidine rings is 1. The summed E-state index contributed by atoms with van der Waals surface area (Å²) in [6.07, 6.45) is 2.84. The predicted molar refractivity (Wildman–Crippen MR) is 84.1 cm³/mol. The Morgan fingerprint density at radius 3 is 2.52 bits per heavy atom. The quantitative estimate of drug-likeness (QED) is 0.842. The molecular formula is C16H23ClN2O2. The highest BCUT2D eigenvalue weighted by atomic mass is 35.5. The maximum atomic E-state index is 11.0. The molecule has 0 aromatic heterocycles. The van der Waals surface area contributed by atoms with Crippen LogP contribution in [-0.4, -0.2) is 41.7 Å². The number of aliphatic hydroxyl groups is 1. The molecule has 0 aliphatic carbocycles. The number of nitrogens with zero attached hydrogens (tertiary/aromatic N) is 1. The van der Waals surface area contributed by atoms with E-state index in [1.54, 1.807) is 0 Å².